The number of nitro groups is 1. The van der Waals surface area contributed by atoms with Gasteiger partial charge in [0.2, 0.25) is 5.91 Å². The van der Waals surface area contributed by atoms with Gasteiger partial charge in [0.15, 0.2) is 0 Å². The normalized spacial score (nSPS) is 19.8. The third-order valence-electron chi connectivity index (χ3n) is 3.86. The van der Waals surface area contributed by atoms with Gasteiger partial charge in [-0.25, -0.2) is 14.7 Å². The number of nitrogens with zero attached hydrogens (tertiary/aromatic N) is 4. The third kappa shape index (κ3) is 2.72. The van der Waals surface area contributed by atoms with Crippen LogP contribution in [-0.2, 0) is 9.59 Å². The number of hydrazine groups is 1. The van der Waals surface area contributed by atoms with Crippen molar-refractivity contribution in [2.24, 2.45) is 0 Å². The molecule has 1 N–H and O–H groups in total. The lowest BCUT2D eigenvalue weighted by Crippen LogP contribution is -2.64. The van der Waals surface area contributed by atoms with Crippen LogP contribution in [0.5, 0.6) is 0 Å². The molecule has 10 heteroatoms. The molecule has 2 aliphatic rings. The van der Waals surface area contributed by atoms with Crippen LogP contribution >= 0.6 is 0 Å². The molecule has 1 aromatic rings. The summed E-state index contributed by atoms with van der Waals surface area (Å²) in [7, 11) is 0. The van der Waals surface area contributed by atoms with Crippen LogP contribution in [0, 0.1) is 10.1 Å². The Morgan fingerprint density at radius 2 is 1.71 bits per heavy atom. The standard InChI is InChI=1S/C14H15N5O5/c20-12-9-13(21)18(16-7-5-15-6-8-16)14(22)17(12)10-3-1-2-4-11(10)19(23)24/h1-4,15H,5-9H2. The predicted octanol–water partition coefficient (Wildman–Crippen LogP) is 0.100. The van der Waals surface area contributed by atoms with Crippen molar-refractivity contribution >= 4 is 29.2 Å². The van der Waals surface area contributed by atoms with Crippen LogP contribution in [0.3, 0.4) is 0 Å². The Morgan fingerprint density at radius 3 is 2.38 bits per heavy atom. The fraction of sp³-hybridized carbons (Fsp3) is 0.357. The molecule has 126 valence electrons. The van der Waals surface area contributed by atoms with Gasteiger partial charge in [-0.2, -0.15) is 5.01 Å². The first-order valence-electron chi connectivity index (χ1n) is 7.39. The Kier molecular flexibility index (Phi) is 4.23. The second kappa shape index (κ2) is 6.34. The molecule has 2 saturated heterocycles. The minimum absolute atomic E-state index is 0.134. The molecule has 0 spiro atoms. The maximum atomic E-state index is 12.7. The summed E-state index contributed by atoms with van der Waals surface area (Å²) < 4.78 is 0. The van der Waals surface area contributed by atoms with Crippen LogP contribution in [0.2, 0.25) is 0 Å². The van der Waals surface area contributed by atoms with Crippen LogP contribution in [0.4, 0.5) is 16.2 Å². The van der Waals surface area contributed by atoms with Gasteiger partial charge in [-0.05, 0) is 6.07 Å². The van der Waals surface area contributed by atoms with E-state index in [9.17, 15) is 24.5 Å². The topological polar surface area (TPSA) is 116 Å². The Hall–Kier alpha value is -2.85. The van der Waals surface area contributed by atoms with E-state index in [1.165, 1.54) is 24.3 Å². The van der Waals surface area contributed by atoms with E-state index in [1.807, 2.05) is 0 Å². The number of rotatable bonds is 3. The van der Waals surface area contributed by atoms with E-state index in [1.54, 1.807) is 5.01 Å². The van der Waals surface area contributed by atoms with Gasteiger partial charge in [-0.15, -0.1) is 0 Å². The molecule has 2 fully saturated rings. The summed E-state index contributed by atoms with van der Waals surface area (Å²) in [5.41, 5.74) is -0.501. The summed E-state index contributed by atoms with van der Waals surface area (Å²) >= 11 is 0. The molecule has 0 radical (unpaired) electrons. The predicted molar refractivity (Wildman–Crippen MR) is 81.9 cm³/mol. The smallest absolute Gasteiger partial charge is 0.314 e. The maximum absolute atomic E-state index is 12.7. The molecule has 10 nitrogen and oxygen atoms in total. The lowest BCUT2D eigenvalue weighted by Gasteiger charge is -2.40. The van der Waals surface area contributed by atoms with Crippen molar-refractivity contribution in [1.82, 2.24) is 15.3 Å². The molecule has 0 saturated carbocycles. The number of hydrogen-bond donors (Lipinski definition) is 1. The molecule has 3 rings (SSSR count). The highest BCUT2D eigenvalue weighted by atomic mass is 16.6. The molecule has 4 amide bonds. The number of piperazine rings is 1. The van der Waals surface area contributed by atoms with Gasteiger partial charge >= 0.3 is 6.03 Å². The van der Waals surface area contributed by atoms with E-state index < -0.39 is 29.2 Å². The average molecular weight is 333 g/mol. The zero-order chi connectivity index (χ0) is 17.3. The summed E-state index contributed by atoms with van der Waals surface area (Å²) in [5, 5.41) is 16.7. The number of nitrogens with one attached hydrogen (secondary N) is 1. The Labute approximate surface area is 136 Å². The van der Waals surface area contributed by atoms with Crippen molar-refractivity contribution in [1.29, 1.82) is 0 Å². The number of amides is 4. The summed E-state index contributed by atoms with van der Waals surface area (Å²) in [5.74, 6) is -1.40. The highest BCUT2D eigenvalue weighted by Crippen LogP contribution is 2.31. The molecule has 0 bridgehead atoms. The number of nitro benzene ring substituents is 1. The number of hydrogen-bond acceptors (Lipinski definition) is 7. The Bertz CT molecular complexity index is 715. The summed E-state index contributed by atoms with van der Waals surface area (Å²) in [6.07, 6.45) is -0.512. The minimum Gasteiger partial charge on any atom is -0.314 e. The second-order valence-corrected chi connectivity index (χ2v) is 5.34. The quantitative estimate of drug-likeness (QED) is 0.474. The van der Waals surface area contributed by atoms with Crippen LogP contribution in [0.25, 0.3) is 0 Å². The van der Waals surface area contributed by atoms with Crippen LogP contribution in [0.15, 0.2) is 24.3 Å². The minimum atomic E-state index is -0.882. The summed E-state index contributed by atoms with van der Waals surface area (Å²) in [4.78, 5) is 48.4. The highest BCUT2D eigenvalue weighted by Gasteiger charge is 2.44. The summed E-state index contributed by atoms with van der Waals surface area (Å²) in [6, 6.07) is 4.59. The van der Waals surface area contributed by atoms with Crippen molar-refractivity contribution in [3.05, 3.63) is 34.4 Å². The number of urea groups is 1. The molecule has 2 heterocycles. The van der Waals surface area contributed by atoms with Gasteiger partial charge in [-0.3, -0.25) is 19.7 Å². The van der Waals surface area contributed by atoms with Crippen molar-refractivity contribution in [2.45, 2.75) is 6.42 Å². The Balaban J connectivity index is 1.98. The first kappa shape index (κ1) is 16.0. The molecular weight excluding hydrogens is 318 g/mol. The van der Waals surface area contributed by atoms with Gasteiger partial charge in [0, 0.05) is 32.2 Å². The number of barbiturate groups is 1. The zero-order valence-electron chi connectivity index (χ0n) is 12.7. The number of carbonyl (C=O) groups is 3. The van der Waals surface area contributed by atoms with E-state index in [0.29, 0.717) is 31.1 Å². The van der Waals surface area contributed by atoms with Gasteiger partial charge in [-0.1, -0.05) is 12.1 Å². The number of anilines is 1. The molecule has 0 aliphatic carbocycles. The molecular formula is C14H15N5O5. The van der Waals surface area contributed by atoms with Gasteiger partial charge in [0.05, 0.1) is 4.92 Å². The van der Waals surface area contributed by atoms with Gasteiger partial charge in [0.25, 0.3) is 11.6 Å². The molecule has 24 heavy (non-hydrogen) atoms. The second-order valence-electron chi connectivity index (χ2n) is 5.34. The average Bonchev–Trinajstić information content (AvgIpc) is 2.55. The SMILES string of the molecule is O=C1CC(=O)N(N2CCNCC2)C(=O)N1c1ccccc1[N+](=O)[O-]. The third-order valence-corrected chi connectivity index (χ3v) is 3.86. The van der Waals surface area contributed by atoms with E-state index >= 15 is 0 Å². The fourth-order valence-electron chi connectivity index (χ4n) is 2.77. The lowest BCUT2D eigenvalue weighted by molar-refractivity contribution is -0.384. The number of carbonyl (C=O) groups excluding carboxylic acids is 3. The molecule has 1 aromatic carbocycles. The van der Waals surface area contributed by atoms with Crippen molar-refractivity contribution < 1.29 is 19.3 Å². The number of benzene rings is 1. The Morgan fingerprint density at radius 1 is 1.04 bits per heavy atom. The van der Waals surface area contributed by atoms with Crippen LogP contribution < -0.4 is 10.2 Å². The van der Waals surface area contributed by atoms with Crippen LogP contribution in [-0.4, -0.2) is 59.0 Å². The van der Waals surface area contributed by atoms with Crippen molar-refractivity contribution in [2.75, 3.05) is 31.1 Å². The van der Waals surface area contributed by atoms with E-state index in [-0.39, 0.29) is 11.4 Å². The highest BCUT2D eigenvalue weighted by molar-refractivity contribution is 6.26. The number of para-hydroxylation sites is 2. The monoisotopic (exact) mass is 333 g/mol. The molecule has 0 aromatic heterocycles. The van der Waals surface area contributed by atoms with E-state index in [0.717, 1.165) is 5.01 Å². The zero-order valence-corrected chi connectivity index (χ0v) is 12.7. The molecule has 0 atom stereocenters. The van der Waals surface area contributed by atoms with Gasteiger partial charge < -0.3 is 5.32 Å². The largest absolute Gasteiger partial charge is 0.353 e. The van der Waals surface area contributed by atoms with Gasteiger partial charge in [0.1, 0.15) is 12.1 Å². The van der Waals surface area contributed by atoms with E-state index in [4.69, 9.17) is 0 Å². The number of imide groups is 2. The molecule has 2 aliphatic heterocycles. The van der Waals surface area contributed by atoms with E-state index in [2.05, 4.69) is 5.32 Å². The first-order valence-corrected chi connectivity index (χ1v) is 7.39. The molecule has 0 unspecified atom stereocenters. The van der Waals surface area contributed by atoms with Crippen molar-refractivity contribution in [3.63, 3.8) is 0 Å². The lowest BCUT2D eigenvalue weighted by atomic mass is 10.2. The summed E-state index contributed by atoms with van der Waals surface area (Å²) in [6.45, 7) is 2.04. The maximum Gasteiger partial charge on any atom is 0.353 e. The fourth-order valence-corrected chi connectivity index (χ4v) is 2.77. The van der Waals surface area contributed by atoms with Crippen LogP contribution in [0.1, 0.15) is 6.42 Å². The first-order chi connectivity index (χ1) is 11.5. The van der Waals surface area contributed by atoms with Crippen molar-refractivity contribution in [3.8, 4) is 0 Å².